The van der Waals surface area contributed by atoms with Crippen LogP contribution in [-0.2, 0) is 0 Å². The molecule has 0 saturated carbocycles. The summed E-state index contributed by atoms with van der Waals surface area (Å²) in [6, 6.07) is 1.85. The lowest BCUT2D eigenvalue weighted by atomic mass is 10.5. The smallest absolute Gasteiger partial charge is 0.225 e. The van der Waals surface area contributed by atoms with E-state index in [4.69, 9.17) is 4.74 Å². The molecule has 0 amide bonds. The predicted octanol–water partition coefficient (Wildman–Crippen LogP) is 1.71. The van der Waals surface area contributed by atoms with Crippen LogP contribution in [-0.4, -0.2) is 28.7 Å². The van der Waals surface area contributed by atoms with Crippen molar-refractivity contribution in [1.82, 2.24) is 14.6 Å². The molecule has 5 nitrogen and oxygen atoms in total. The molecule has 0 aromatic carbocycles. The third kappa shape index (κ3) is 1.68. The van der Waals surface area contributed by atoms with Gasteiger partial charge in [-0.3, -0.25) is 0 Å². The first-order chi connectivity index (χ1) is 6.83. The zero-order valence-electron chi connectivity index (χ0n) is 7.64. The summed E-state index contributed by atoms with van der Waals surface area (Å²) < 4.78 is 9.07. The van der Waals surface area contributed by atoms with E-state index in [1.807, 2.05) is 13.1 Å². The monoisotopic (exact) mass is 228 g/mol. The number of nitrogens with one attached hydrogen (secondary N) is 1. The Labute approximate surface area is 88.9 Å². The number of rotatable bonds is 3. The second-order valence-electron chi connectivity index (χ2n) is 2.40. The van der Waals surface area contributed by atoms with Crippen molar-refractivity contribution in [2.45, 2.75) is 0 Å². The normalized spacial score (nSPS) is 10.1. The van der Waals surface area contributed by atoms with Crippen LogP contribution in [0.25, 0.3) is 9.88 Å². The van der Waals surface area contributed by atoms with Crippen LogP contribution >= 0.6 is 22.9 Å². The summed E-state index contributed by atoms with van der Waals surface area (Å²) in [6.45, 7) is 0. The van der Waals surface area contributed by atoms with Gasteiger partial charge in [0, 0.05) is 13.1 Å². The molecular formula is C7H8N4OS2. The van der Waals surface area contributed by atoms with Gasteiger partial charge in [0.05, 0.1) is 12.0 Å². The van der Waals surface area contributed by atoms with Crippen LogP contribution in [0.3, 0.4) is 0 Å². The minimum absolute atomic E-state index is 0.617. The van der Waals surface area contributed by atoms with E-state index >= 15 is 0 Å². The van der Waals surface area contributed by atoms with Gasteiger partial charge in [-0.1, -0.05) is 11.3 Å². The summed E-state index contributed by atoms with van der Waals surface area (Å²) in [5.41, 5.74) is 0. The van der Waals surface area contributed by atoms with E-state index in [1.165, 1.54) is 22.9 Å². The van der Waals surface area contributed by atoms with Gasteiger partial charge >= 0.3 is 0 Å². The summed E-state index contributed by atoms with van der Waals surface area (Å²) in [4.78, 5) is 0.973. The fourth-order valence-corrected chi connectivity index (χ4v) is 2.31. The molecule has 0 fully saturated rings. The van der Waals surface area contributed by atoms with Crippen LogP contribution in [0.1, 0.15) is 0 Å². The second kappa shape index (κ2) is 3.89. The van der Waals surface area contributed by atoms with Crippen LogP contribution < -0.4 is 10.1 Å². The Bertz CT molecular complexity index is 385. The molecule has 0 aliphatic rings. The maximum Gasteiger partial charge on any atom is 0.225 e. The van der Waals surface area contributed by atoms with E-state index in [2.05, 4.69) is 19.9 Å². The minimum Gasteiger partial charge on any atom is -0.480 e. The highest BCUT2D eigenvalue weighted by atomic mass is 32.1. The zero-order chi connectivity index (χ0) is 9.97. The Morgan fingerprint density at radius 1 is 1.43 bits per heavy atom. The molecule has 0 atom stereocenters. The van der Waals surface area contributed by atoms with Gasteiger partial charge in [-0.05, 0) is 11.5 Å². The summed E-state index contributed by atoms with van der Waals surface area (Å²) in [5.74, 6) is 0.617. The molecule has 1 N–H and O–H groups in total. The predicted molar refractivity (Wildman–Crippen MR) is 57.1 cm³/mol. The first kappa shape index (κ1) is 9.35. The van der Waals surface area contributed by atoms with Crippen LogP contribution in [0.5, 0.6) is 5.88 Å². The fourth-order valence-electron chi connectivity index (χ4n) is 0.880. The van der Waals surface area contributed by atoms with E-state index in [-0.39, 0.29) is 0 Å². The number of nitrogens with zero attached hydrogens (tertiary/aromatic N) is 3. The van der Waals surface area contributed by atoms with Crippen molar-refractivity contribution in [3.8, 4) is 15.8 Å². The molecule has 0 saturated heterocycles. The third-order valence-corrected chi connectivity index (χ3v) is 3.43. The van der Waals surface area contributed by atoms with Crippen LogP contribution in [0.15, 0.2) is 6.07 Å². The van der Waals surface area contributed by atoms with E-state index < -0.39 is 0 Å². The fraction of sp³-hybridized carbons (Fsp3) is 0.286. The van der Waals surface area contributed by atoms with Gasteiger partial charge in [-0.25, -0.2) is 0 Å². The highest BCUT2D eigenvalue weighted by Gasteiger charge is 2.09. The second-order valence-corrected chi connectivity index (χ2v) is 4.18. The lowest BCUT2D eigenvalue weighted by Crippen LogP contribution is -1.84. The van der Waals surface area contributed by atoms with Crippen molar-refractivity contribution in [2.75, 3.05) is 19.5 Å². The van der Waals surface area contributed by atoms with E-state index in [9.17, 15) is 0 Å². The number of methoxy groups -OCH3 is 1. The maximum absolute atomic E-state index is 4.99. The topological polar surface area (TPSA) is 59.9 Å². The Kier molecular flexibility index (Phi) is 2.60. The Hall–Kier alpha value is -1.21. The number of ether oxygens (including phenoxy) is 1. The SMILES string of the molecule is CNc1nnc(-c2cc(OC)ns2)s1. The Balaban J connectivity index is 2.29. The summed E-state index contributed by atoms with van der Waals surface area (Å²) >= 11 is 2.85. The van der Waals surface area contributed by atoms with Gasteiger partial charge in [-0.15, -0.1) is 10.2 Å². The number of aromatic nitrogens is 3. The number of hydrogen-bond acceptors (Lipinski definition) is 7. The van der Waals surface area contributed by atoms with Gasteiger partial charge in [0.1, 0.15) is 0 Å². The molecule has 2 heterocycles. The van der Waals surface area contributed by atoms with Crippen LogP contribution in [0.4, 0.5) is 5.13 Å². The third-order valence-electron chi connectivity index (χ3n) is 1.55. The van der Waals surface area contributed by atoms with Gasteiger partial charge in [0.15, 0.2) is 5.01 Å². The maximum atomic E-state index is 4.99. The van der Waals surface area contributed by atoms with Crippen molar-refractivity contribution < 1.29 is 4.74 Å². The van der Waals surface area contributed by atoms with E-state index in [1.54, 1.807) is 7.11 Å². The average Bonchev–Trinajstić information content (AvgIpc) is 2.86. The molecule has 0 bridgehead atoms. The molecule has 0 unspecified atom stereocenters. The summed E-state index contributed by atoms with van der Waals surface area (Å²) in [6.07, 6.45) is 0. The first-order valence-electron chi connectivity index (χ1n) is 3.86. The van der Waals surface area contributed by atoms with Crippen molar-refractivity contribution in [3.05, 3.63) is 6.07 Å². The standard InChI is InChI=1S/C7H8N4OS2/c1-8-7-10-9-6(13-7)4-3-5(12-2)11-14-4/h3H,1-2H3,(H,8,10). The lowest BCUT2D eigenvalue weighted by molar-refractivity contribution is 0.403. The van der Waals surface area contributed by atoms with Gasteiger partial charge in [0.2, 0.25) is 11.0 Å². The van der Waals surface area contributed by atoms with Crippen molar-refractivity contribution in [1.29, 1.82) is 0 Å². The zero-order valence-corrected chi connectivity index (χ0v) is 9.28. The Morgan fingerprint density at radius 3 is 2.86 bits per heavy atom. The summed E-state index contributed by atoms with van der Waals surface area (Å²) in [5, 5.41) is 12.6. The minimum atomic E-state index is 0.617. The molecule has 74 valence electrons. The van der Waals surface area contributed by atoms with Gasteiger partial charge in [0.25, 0.3) is 0 Å². The van der Waals surface area contributed by atoms with Crippen molar-refractivity contribution in [2.24, 2.45) is 0 Å². The van der Waals surface area contributed by atoms with Gasteiger partial charge < -0.3 is 10.1 Å². The number of hydrogen-bond donors (Lipinski definition) is 1. The quantitative estimate of drug-likeness (QED) is 0.866. The highest BCUT2D eigenvalue weighted by molar-refractivity contribution is 7.21. The van der Waals surface area contributed by atoms with E-state index in [0.717, 1.165) is 15.0 Å². The first-order valence-corrected chi connectivity index (χ1v) is 5.45. The van der Waals surface area contributed by atoms with Crippen LogP contribution in [0.2, 0.25) is 0 Å². The average molecular weight is 228 g/mol. The molecule has 0 spiro atoms. The Morgan fingerprint density at radius 2 is 2.29 bits per heavy atom. The molecule has 0 radical (unpaired) electrons. The molecule has 2 rings (SSSR count). The molecule has 14 heavy (non-hydrogen) atoms. The summed E-state index contributed by atoms with van der Waals surface area (Å²) in [7, 11) is 3.41. The number of anilines is 1. The largest absolute Gasteiger partial charge is 0.480 e. The van der Waals surface area contributed by atoms with Gasteiger partial charge in [-0.2, -0.15) is 4.37 Å². The van der Waals surface area contributed by atoms with Crippen molar-refractivity contribution in [3.63, 3.8) is 0 Å². The molecule has 7 heteroatoms. The van der Waals surface area contributed by atoms with E-state index in [0.29, 0.717) is 5.88 Å². The van der Waals surface area contributed by atoms with Crippen molar-refractivity contribution >= 4 is 28.0 Å². The highest BCUT2D eigenvalue weighted by Crippen LogP contribution is 2.31. The molecule has 2 aromatic heterocycles. The lowest BCUT2D eigenvalue weighted by Gasteiger charge is -1.86. The molecule has 2 aromatic rings. The van der Waals surface area contributed by atoms with Crippen LogP contribution in [0, 0.1) is 0 Å². The molecule has 0 aliphatic heterocycles. The molecule has 0 aliphatic carbocycles. The molecular weight excluding hydrogens is 220 g/mol.